The molecule has 2 aromatic carbocycles. The van der Waals surface area contributed by atoms with E-state index in [4.69, 9.17) is 4.74 Å². The summed E-state index contributed by atoms with van der Waals surface area (Å²) in [6, 6.07) is 13.2. The normalized spacial score (nSPS) is 10.3. The first-order valence-electron chi connectivity index (χ1n) is 7.71. The predicted molar refractivity (Wildman–Crippen MR) is 91.7 cm³/mol. The van der Waals surface area contributed by atoms with Gasteiger partial charge in [0.1, 0.15) is 17.1 Å². The number of carbonyl (C=O) groups is 1. The van der Waals surface area contributed by atoms with Crippen LogP contribution in [0.1, 0.15) is 15.9 Å². The fourth-order valence-corrected chi connectivity index (χ4v) is 2.31. The van der Waals surface area contributed by atoms with E-state index in [1.54, 1.807) is 24.3 Å². The van der Waals surface area contributed by atoms with Crippen LogP contribution in [0.4, 0.5) is 4.39 Å². The lowest BCUT2D eigenvalue weighted by molar-refractivity contribution is 0.0945. The maximum absolute atomic E-state index is 13.8. The van der Waals surface area contributed by atoms with E-state index in [0.29, 0.717) is 5.56 Å². The van der Waals surface area contributed by atoms with Crippen molar-refractivity contribution >= 4 is 5.91 Å². The molecule has 0 fully saturated rings. The van der Waals surface area contributed by atoms with Gasteiger partial charge in [0.15, 0.2) is 11.6 Å². The lowest BCUT2D eigenvalue weighted by atomic mass is 10.1. The zero-order valence-electron chi connectivity index (χ0n) is 13.5. The number of phenols is 2. The van der Waals surface area contributed by atoms with Gasteiger partial charge in [0.25, 0.3) is 5.91 Å². The summed E-state index contributed by atoms with van der Waals surface area (Å²) in [6.45, 7) is 0.00420. The van der Waals surface area contributed by atoms with E-state index in [2.05, 4.69) is 10.3 Å². The summed E-state index contributed by atoms with van der Waals surface area (Å²) >= 11 is 0. The summed E-state index contributed by atoms with van der Waals surface area (Å²) < 4.78 is 19.2. The summed E-state index contributed by atoms with van der Waals surface area (Å²) in [6.07, 6.45) is 1.48. The van der Waals surface area contributed by atoms with Gasteiger partial charge in [0.05, 0.1) is 0 Å². The monoisotopic (exact) mass is 354 g/mol. The van der Waals surface area contributed by atoms with Crippen LogP contribution in [-0.4, -0.2) is 21.1 Å². The molecule has 0 atom stereocenters. The number of pyridine rings is 1. The fourth-order valence-electron chi connectivity index (χ4n) is 2.31. The van der Waals surface area contributed by atoms with Crippen LogP contribution in [0.15, 0.2) is 60.8 Å². The number of halogens is 1. The lowest BCUT2D eigenvalue weighted by Gasteiger charge is -2.12. The van der Waals surface area contributed by atoms with E-state index in [-0.39, 0.29) is 35.2 Å². The molecular formula is C19H15FN2O4. The minimum absolute atomic E-state index is 0.00420. The molecule has 26 heavy (non-hydrogen) atoms. The molecule has 3 rings (SSSR count). The minimum atomic E-state index is -0.665. The number of phenolic OH excluding ortho intramolecular Hbond substituents is 2. The number of aromatic nitrogens is 1. The first kappa shape index (κ1) is 17.2. The molecule has 0 saturated carbocycles. The van der Waals surface area contributed by atoms with Crippen molar-refractivity contribution in [2.24, 2.45) is 0 Å². The van der Waals surface area contributed by atoms with Crippen molar-refractivity contribution in [1.29, 1.82) is 0 Å². The standard InChI is InChI=1S/C19H15FN2O4/c20-13-6-1-2-9-16(13)26-19-12(5-4-10-21-19)11-22-18(25)17-14(23)7-3-8-15(17)24/h1-10,23-24H,11H2,(H,22,25). The van der Waals surface area contributed by atoms with Gasteiger partial charge in [-0.15, -0.1) is 0 Å². The van der Waals surface area contributed by atoms with Crippen LogP contribution in [0.3, 0.4) is 0 Å². The molecule has 3 N–H and O–H groups in total. The molecule has 1 amide bonds. The Morgan fingerprint density at radius 2 is 1.77 bits per heavy atom. The highest BCUT2D eigenvalue weighted by atomic mass is 19.1. The molecule has 3 aromatic rings. The van der Waals surface area contributed by atoms with Crippen LogP contribution in [0, 0.1) is 5.82 Å². The number of nitrogens with zero attached hydrogens (tertiary/aromatic N) is 1. The molecule has 0 aliphatic rings. The minimum Gasteiger partial charge on any atom is -0.507 e. The average molecular weight is 354 g/mol. The van der Waals surface area contributed by atoms with Gasteiger partial charge in [-0.3, -0.25) is 4.79 Å². The van der Waals surface area contributed by atoms with Gasteiger partial charge in [-0.2, -0.15) is 0 Å². The van der Waals surface area contributed by atoms with Crippen molar-refractivity contribution in [2.75, 3.05) is 0 Å². The Bertz CT molecular complexity index is 926. The lowest BCUT2D eigenvalue weighted by Crippen LogP contribution is -2.23. The number of hydrogen-bond donors (Lipinski definition) is 3. The first-order chi connectivity index (χ1) is 12.6. The number of nitrogens with one attached hydrogen (secondary N) is 1. The highest BCUT2D eigenvalue weighted by Crippen LogP contribution is 2.27. The molecule has 1 heterocycles. The van der Waals surface area contributed by atoms with Crippen molar-refractivity contribution in [3.8, 4) is 23.1 Å². The number of aromatic hydroxyl groups is 2. The van der Waals surface area contributed by atoms with Gasteiger partial charge < -0.3 is 20.3 Å². The van der Waals surface area contributed by atoms with Crippen molar-refractivity contribution in [3.05, 3.63) is 77.7 Å². The third-order valence-corrected chi connectivity index (χ3v) is 3.58. The Morgan fingerprint density at radius 1 is 1.04 bits per heavy atom. The number of amides is 1. The topological polar surface area (TPSA) is 91.7 Å². The quantitative estimate of drug-likeness (QED) is 0.653. The molecule has 1 aromatic heterocycles. The van der Waals surface area contributed by atoms with Gasteiger partial charge >= 0.3 is 0 Å². The van der Waals surface area contributed by atoms with Gasteiger partial charge in [-0.05, 0) is 30.3 Å². The number of ether oxygens (including phenoxy) is 1. The summed E-state index contributed by atoms with van der Waals surface area (Å²) in [5.74, 6) is -1.72. The summed E-state index contributed by atoms with van der Waals surface area (Å²) in [7, 11) is 0. The zero-order chi connectivity index (χ0) is 18.5. The van der Waals surface area contributed by atoms with Crippen LogP contribution >= 0.6 is 0 Å². The molecule has 0 saturated heterocycles. The van der Waals surface area contributed by atoms with Crippen LogP contribution in [0.2, 0.25) is 0 Å². The molecular weight excluding hydrogens is 339 g/mol. The Balaban J connectivity index is 1.77. The average Bonchev–Trinajstić information content (AvgIpc) is 2.63. The molecule has 0 bridgehead atoms. The molecule has 0 aliphatic carbocycles. The predicted octanol–water partition coefficient (Wildman–Crippen LogP) is 3.35. The molecule has 0 aliphatic heterocycles. The van der Waals surface area contributed by atoms with Crippen molar-refractivity contribution in [1.82, 2.24) is 10.3 Å². The molecule has 0 spiro atoms. The van der Waals surface area contributed by atoms with Gasteiger partial charge in [0, 0.05) is 18.3 Å². The van der Waals surface area contributed by atoms with Crippen LogP contribution in [0.5, 0.6) is 23.1 Å². The third kappa shape index (κ3) is 3.72. The smallest absolute Gasteiger partial charge is 0.259 e. The van der Waals surface area contributed by atoms with E-state index >= 15 is 0 Å². The first-order valence-corrected chi connectivity index (χ1v) is 7.71. The van der Waals surface area contributed by atoms with Crippen molar-refractivity contribution in [3.63, 3.8) is 0 Å². The Morgan fingerprint density at radius 3 is 2.50 bits per heavy atom. The second kappa shape index (κ2) is 7.52. The highest BCUT2D eigenvalue weighted by molar-refractivity contribution is 5.99. The maximum atomic E-state index is 13.8. The van der Waals surface area contributed by atoms with Gasteiger partial charge in [-0.25, -0.2) is 9.37 Å². The summed E-state index contributed by atoms with van der Waals surface area (Å²) in [4.78, 5) is 16.3. The number of para-hydroxylation sites is 1. The van der Waals surface area contributed by atoms with E-state index in [9.17, 15) is 19.4 Å². The molecule has 0 radical (unpaired) electrons. The summed E-state index contributed by atoms with van der Waals surface area (Å²) in [5.41, 5.74) is 0.270. The second-order valence-corrected chi connectivity index (χ2v) is 5.35. The number of benzene rings is 2. The highest BCUT2D eigenvalue weighted by Gasteiger charge is 2.17. The van der Waals surface area contributed by atoms with E-state index in [0.717, 1.165) is 0 Å². The van der Waals surface area contributed by atoms with Gasteiger partial charge in [0.2, 0.25) is 5.88 Å². The Hall–Kier alpha value is -3.61. The number of rotatable bonds is 5. The summed E-state index contributed by atoms with van der Waals surface area (Å²) in [5, 5.41) is 22.0. The van der Waals surface area contributed by atoms with E-state index in [1.165, 1.54) is 36.5 Å². The van der Waals surface area contributed by atoms with Crippen molar-refractivity contribution < 1.29 is 24.1 Å². The zero-order valence-corrected chi connectivity index (χ0v) is 13.5. The molecule has 6 nitrogen and oxygen atoms in total. The van der Waals surface area contributed by atoms with Gasteiger partial charge in [-0.1, -0.05) is 24.3 Å². The van der Waals surface area contributed by atoms with E-state index in [1.807, 2.05) is 0 Å². The van der Waals surface area contributed by atoms with Crippen molar-refractivity contribution in [2.45, 2.75) is 6.54 Å². The second-order valence-electron chi connectivity index (χ2n) is 5.35. The van der Waals surface area contributed by atoms with E-state index < -0.39 is 11.7 Å². The van der Waals surface area contributed by atoms with Crippen LogP contribution in [0.25, 0.3) is 0 Å². The largest absolute Gasteiger partial charge is 0.507 e. The molecule has 132 valence electrons. The molecule has 0 unspecified atom stereocenters. The Kier molecular flexibility index (Phi) is 4.98. The SMILES string of the molecule is O=C(NCc1cccnc1Oc1ccccc1F)c1c(O)cccc1O. The third-order valence-electron chi connectivity index (χ3n) is 3.58. The van der Waals surface area contributed by atoms with Crippen LogP contribution < -0.4 is 10.1 Å². The number of hydrogen-bond acceptors (Lipinski definition) is 5. The number of carbonyl (C=O) groups excluding carboxylic acids is 1. The Labute approximate surface area is 148 Å². The fraction of sp³-hybridized carbons (Fsp3) is 0.0526. The van der Waals surface area contributed by atoms with Crippen LogP contribution in [-0.2, 0) is 6.54 Å². The maximum Gasteiger partial charge on any atom is 0.259 e. The molecule has 7 heteroatoms.